The first-order chi connectivity index (χ1) is 13.4. The molecule has 1 aromatic rings. The Kier molecular flexibility index (Phi) is 7.05. The van der Waals surface area contributed by atoms with E-state index >= 15 is 0 Å². The van der Waals surface area contributed by atoms with Gasteiger partial charge in [-0.15, -0.1) is 0 Å². The van der Waals surface area contributed by atoms with E-state index in [-0.39, 0.29) is 23.7 Å². The first-order valence-corrected chi connectivity index (χ1v) is 10.6. The van der Waals surface area contributed by atoms with E-state index in [1.807, 2.05) is 12.1 Å². The number of hydrogen-bond acceptors (Lipinski definition) is 5. The van der Waals surface area contributed by atoms with Gasteiger partial charge < -0.3 is 15.3 Å². The minimum Gasteiger partial charge on any atom is -0.393 e. The minimum atomic E-state index is -0.174. The molecule has 0 aromatic carbocycles. The Bertz CT molecular complexity index is 666. The molecule has 6 nitrogen and oxygen atoms in total. The highest BCUT2D eigenvalue weighted by molar-refractivity contribution is 5.94. The van der Waals surface area contributed by atoms with Gasteiger partial charge in [0, 0.05) is 37.7 Å². The lowest BCUT2D eigenvalue weighted by Gasteiger charge is -2.32. The van der Waals surface area contributed by atoms with E-state index in [0.29, 0.717) is 37.0 Å². The molecule has 28 heavy (non-hydrogen) atoms. The number of hydrogen-bond donors (Lipinski definition) is 2. The fourth-order valence-electron chi connectivity index (χ4n) is 4.21. The van der Waals surface area contributed by atoms with E-state index in [2.05, 4.69) is 24.1 Å². The number of aliphatic hydroxyl groups is 1. The monoisotopic (exact) mass is 387 g/mol. The lowest BCUT2D eigenvalue weighted by atomic mass is 9.89. The normalized spacial score (nSPS) is 25.6. The van der Waals surface area contributed by atoms with E-state index in [4.69, 9.17) is 0 Å². The molecule has 0 bridgehead atoms. The van der Waals surface area contributed by atoms with Crippen LogP contribution in [0, 0.1) is 11.8 Å². The quantitative estimate of drug-likeness (QED) is 0.783. The zero-order chi connectivity index (χ0) is 20.1. The maximum absolute atomic E-state index is 12.9. The molecule has 1 aliphatic heterocycles. The van der Waals surface area contributed by atoms with Gasteiger partial charge in [0.25, 0.3) is 5.91 Å². The lowest BCUT2D eigenvalue weighted by Crippen LogP contribution is -2.42. The van der Waals surface area contributed by atoms with Crippen LogP contribution in [0.25, 0.3) is 0 Å². The summed E-state index contributed by atoms with van der Waals surface area (Å²) < 4.78 is 0. The summed E-state index contributed by atoms with van der Waals surface area (Å²) in [5.41, 5.74) is 0.571. The van der Waals surface area contributed by atoms with E-state index in [1.165, 1.54) is 0 Å². The van der Waals surface area contributed by atoms with Gasteiger partial charge in [-0.25, -0.2) is 4.98 Å². The predicted molar refractivity (Wildman–Crippen MR) is 109 cm³/mol. The predicted octanol–water partition coefficient (Wildman–Crippen LogP) is 3.26. The van der Waals surface area contributed by atoms with Gasteiger partial charge in [0.1, 0.15) is 11.6 Å². The Hall–Kier alpha value is -1.95. The van der Waals surface area contributed by atoms with E-state index < -0.39 is 0 Å². The highest BCUT2D eigenvalue weighted by Gasteiger charge is 2.29. The molecule has 2 aliphatic rings. The van der Waals surface area contributed by atoms with E-state index in [9.17, 15) is 14.7 Å². The van der Waals surface area contributed by atoms with E-state index in [1.54, 1.807) is 11.1 Å². The number of carbonyl (C=O) groups is 2. The number of aromatic nitrogens is 1. The number of ketones is 1. The first kappa shape index (κ1) is 20.8. The van der Waals surface area contributed by atoms with Gasteiger partial charge in [-0.2, -0.15) is 0 Å². The molecule has 3 rings (SSSR count). The number of Topliss-reactive ketones (excluding diaryl/α,β-unsaturated/α-hetero) is 1. The van der Waals surface area contributed by atoms with Crippen molar-refractivity contribution in [2.45, 2.75) is 70.9 Å². The highest BCUT2D eigenvalue weighted by Crippen LogP contribution is 2.23. The van der Waals surface area contributed by atoms with Crippen molar-refractivity contribution in [1.82, 2.24) is 9.88 Å². The second-order valence-electron chi connectivity index (χ2n) is 8.74. The summed E-state index contributed by atoms with van der Waals surface area (Å²) in [6.07, 6.45) is 7.31. The van der Waals surface area contributed by atoms with Crippen molar-refractivity contribution in [3.8, 4) is 0 Å². The molecule has 1 aliphatic carbocycles. The molecule has 0 radical (unpaired) electrons. The zero-order valence-electron chi connectivity index (χ0n) is 17.1. The maximum Gasteiger partial charge on any atom is 0.255 e. The van der Waals surface area contributed by atoms with Gasteiger partial charge in [0.05, 0.1) is 11.7 Å². The van der Waals surface area contributed by atoms with Crippen LogP contribution in [0.4, 0.5) is 5.82 Å². The van der Waals surface area contributed by atoms with Gasteiger partial charge in [-0.1, -0.05) is 13.8 Å². The Labute approximate surface area is 167 Å². The van der Waals surface area contributed by atoms with Gasteiger partial charge in [-0.3, -0.25) is 9.59 Å². The Morgan fingerprint density at radius 3 is 2.61 bits per heavy atom. The van der Waals surface area contributed by atoms with Crippen LogP contribution in [0.5, 0.6) is 0 Å². The summed E-state index contributed by atoms with van der Waals surface area (Å²) >= 11 is 0. The molecule has 0 spiro atoms. The Morgan fingerprint density at radius 1 is 1.21 bits per heavy atom. The van der Waals surface area contributed by atoms with Gasteiger partial charge in [0.15, 0.2) is 0 Å². The summed E-state index contributed by atoms with van der Waals surface area (Å²) in [6.45, 7) is 5.34. The molecule has 1 amide bonds. The molecular formula is C22H33N3O3. The van der Waals surface area contributed by atoms with Gasteiger partial charge >= 0.3 is 0 Å². The molecule has 1 aromatic heterocycles. The third-order valence-electron chi connectivity index (χ3n) is 5.83. The molecule has 1 saturated carbocycles. The standard InChI is InChI=1S/C22H33N3O3/c1-15(2)12-20(27)17-4-3-11-25(14-17)22(28)16-5-10-21(23-13-16)24-18-6-8-19(26)9-7-18/h5,10,13,15,17-19,26H,3-4,6-9,11-12,14H2,1-2H3,(H,23,24). The van der Waals surface area contributed by atoms with Gasteiger partial charge in [-0.05, 0) is 56.6 Å². The lowest BCUT2D eigenvalue weighted by molar-refractivity contribution is -0.124. The Balaban J connectivity index is 1.55. The van der Waals surface area contributed by atoms with Crippen LogP contribution in [0.2, 0.25) is 0 Å². The topological polar surface area (TPSA) is 82.5 Å². The van der Waals surface area contributed by atoms with Crippen molar-refractivity contribution in [2.75, 3.05) is 18.4 Å². The largest absolute Gasteiger partial charge is 0.393 e. The van der Waals surface area contributed by atoms with Gasteiger partial charge in [0.2, 0.25) is 0 Å². The van der Waals surface area contributed by atoms with Crippen LogP contribution in [0.15, 0.2) is 18.3 Å². The number of anilines is 1. The van der Waals surface area contributed by atoms with Crippen molar-refractivity contribution in [1.29, 1.82) is 0 Å². The van der Waals surface area contributed by atoms with Crippen molar-refractivity contribution >= 4 is 17.5 Å². The smallest absolute Gasteiger partial charge is 0.255 e. The fraction of sp³-hybridized carbons (Fsp3) is 0.682. The number of pyridine rings is 1. The molecule has 6 heteroatoms. The SMILES string of the molecule is CC(C)CC(=O)C1CCCN(C(=O)c2ccc(NC3CCC(O)CC3)nc2)C1. The van der Waals surface area contributed by atoms with Crippen LogP contribution >= 0.6 is 0 Å². The number of rotatable bonds is 6. The second-order valence-corrected chi connectivity index (χ2v) is 8.74. The van der Waals surface area contributed by atoms with Crippen LogP contribution in [-0.4, -0.2) is 51.9 Å². The number of nitrogens with zero attached hydrogens (tertiary/aromatic N) is 2. The summed E-state index contributed by atoms with van der Waals surface area (Å²) in [7, 11) is 0. The maximum atomic E-state index is 12.9. The van der Waals surface area contributed by atoms with Crippen molar-refractivity contribution in [2.24, 2.45) is 11.8 Å². The number of carbonyl (C=O) groups excluding carboxylic acids is 2. The van der Waals surface area contributed by atoms with E-state index in [0.717, 1.165) is 44.3 Å². The molecular weight excluding hydrogens is 354 g/mol. The van der Waals surface area contributed by atoms with Crippen LogP contribution in [0.3, 0.4) is 0 Å². The summed E-state index contributed by atoms with van der Waals surface area (Å²) in [6, 6.07) is 3.99. The second kappa shape index (κ2) is 9.50. The minimum absolute atomic E-state index is 0.0318. The average Bonchev–Trinajstić information content (AvgIpc) is 2.69. The number of piperidine rings is 1. The van der Waals surface area contributed by atoms with Crippen molar-refractivity contribution < 1.29 is 14.7 Å². The summed E-state index contributed by atoms with van der Waals surface area (Å²) in [4.78, 5) is 31.5. The molecule has 2 fully saturated rings. The Morgan fingerprint density at radius 2 is 1.96 bits per heavy atom. The molecule has 1 atom stereocenters. The summed E-state index contributed by atoms with van der Waals surface area (Å²) in [5.74, 6) is 1.33. The molecule has 2 heterocycles. The molecule has 1 unspecified atom stereocenters. The average molecular weight is 388 g/mol. The number of nitrogens with one attached hydrogen (secondary N) is 1. The van der Waals surface area contributed by atoms with Crippen molar-refractivity contribution in [3.05, 3.63) is 23.9 Å². The van der Waals surface area contributed by atoms with Crippen LogP contribution < -0.4 is 5.32 Å². The third-order valence-corrected chi connectivity index (χ3v) is 5.83. The van der Waals surface area contributed by atoms with Crippen molar-refractivity contribution in [3.63, 3.8) is 0 Å². The number of aliphatic hydroxyl groups excluding tert-OH is 1. The van der Waals surface area contributed by atoms with Crippen LogP contribution in [-0.2, 0) is 4.79 Å². The highest BCUT2D eigenvalue weighted by atomic mass is 16.3. The summed E-state index contributed by atoms with van der Waals surface area (Å²) in [5, 5.41) is 13.0. The zero-order valence-corrected chi connectivity index (χ0v) is 17.1. The van der Waals surface area contributed by atoms with Crippen LogP contribution in [0.1, 0.15) is 69.2 Å². The number of amides is 1. The first-order valence-electron chi connectivity index (χ1n) is 10.6. The third kappa shape index (κ3) is 5.53. The fourth-order valence-corrected chi connectivity index (χ4v) is 4.21. The molecule has 1 saturated heterocycles. The number of likely N-dealkylation sites (tertiary alicyclic amines) is 1. The molecule has 2 N–H and O–H groups in total. The molecule has 154 valence electrons.